The summed E-state index contributed by atoms with van der Waals surface area (Å²) >= 11 is 0. The Morgan fingerprint density at radius 1 is 1.62 bits per heavy atom. The first-order valence-electron chi connectivity index (χ1n) is 3.70. The Morgan fingerprint density at radius 2 is 2.08 bits per heavy atom. The molecule has 2 unspecified atom stereocenters. The van der Waals surface area contributed by atoms with Crippen molar-refractivity contribution in [1.82, 2.24) is 0 Å². The molecule has 0 amide bonds. The lowest BCUT2D eigenvalue weighted by molar-refractivity contribution is -0.146. The summed E-state index contributed by atoms with van der Waals surface area (Å²) in [6, 6.07) is -0.825. The van der Waals surface area contributed by atoms with Gasteiger partial charge in [-0.3, -0.25) is 9.59 Å². The van der Waals surface area contributed by atoms with Crippen LogP contribution in [0.25, 0.3) is 0 Å². The molecule has 0 rings (SSSR count). The third-order valence-corrected chi connectivity index (χ3v) is 1.66. The van der Waals surface area contributed by atoms with E-state index in [2.05, 4.69) is 0 Å². The van der Waals surface area contributed by atoms with Crippen molar-refractivity contribution in [1.29, 1.82) is 0 Å². The fourth-order valence-electron chi connectivity index (χ4n) is 0.652. The molecule has 0 saturated heterocycles. The van der Waals surface area contributed by atoms with Crippen molar-refractivity contribution in [2.45, 2.75) is 24.9 Å². The minimum absolute atomic E-state index is 0.567. The predicted molar refractivity (Wildman–Crippen MR) is 43.8 cm³/mol. The zero-order chi connectivity index (χ0) is 10.6. The van der Waals surface area contributed by atoms with E-state index < -0.39 is 36.4 Å². The summed E-state index contributed by atoms with van der Waals surface area (Å²) in [4.78, 5) is 21.4. The molecule has 0 radical (unpaired) electrons. The van der Waals surface area contributed by atoms with Gasteiger partial charge in [-0.2, -0.15) is 0 Å². The van der Waals surface area contributed by atoms with Crippen molar-refractivity contribution in [2.24, 2.45) is 11.5 Å². The van der Waals surface area contributed by atoms with Crippen LogP contribution in [0, 0.1) is 0 Å². The maximum Gasteiger partial charge on any atom is 0.326 e. The zero-order valence-corrected chi connectivity index (χ0v) is 7.29. The average Bonchev–Trinajstić information content (AvgIpc) is 2.03. The summed E-state index contributed by atoms with van der Waals surface area (Å²) in [6.07, 6.45) is -0.587. The molecule has 0 fully saturated rings. The number of halogens is 1. The lowest BCUT2D eigenvalue weighted by Crippen LogP contribution is -2.53. The molecule has 0 spiro atoms. The van der Waals surface area contributed by atoms with Gasteiger partial charge in [0.2, 0.25) is 0 Å². The molecular formula is C7H13FN2O3. The number of carboxylic acids is 1. The van der Waals surface area contributed by atoms with Crippen molar-refractivity contribution in [2.75, 3.05) is 6.67 Å². The summed E-state index contributed by atoms with van der Waals surface area (Å²) < 4.78 is 12.2. The zero-order valence-electron chi connectivity index (χ0n) is 7.29. The molecule has 0 heterocycles. The standard InChI is InChI=1S/C7H13FN2O3/c1-4(9)5(11)2-7(10,3-8)6(12)13/h4H,2-3,9-10H2,1H3,(H,12,13). The molecule has 5 N–H and O–H groups in total. The molecule has 5 nitrogen and oxygen atoms in total. The quantitative estimate of drug-likeness (QED) is 0.520. The van der Waals surface area contributed by atoms with Gasteiger partial charge in [-0.25, -0.2) is 4.39 Å². The van der Waals surface area contributed by atoms with E-state index in [4.69, 9.17) is 16.6 Å². The Kier molecular flexibility index (Phi) is 3.96. The van der Waals surface area contributed by atoms with E-state index in [1.807, 2.05) is 0 Å². The highest BCUT2D eigenvalue weighted by atomic mass is 19.1. The second-order valence-corrected chi connectivity index (χ2v) is 3.03. The summed E-state index contributed by atoms with van der Waals surface area (Å²) in [6.45, 7) is 0.101. The highest BCUT2D eigenvalue weighted by Crippen LogP contribution is 2.09. The second kappa shape index (κ2) is 4.29. The summed E-state index contributed by atoms with van der Waals surface area (Å²) in [7, 11) is 0. The number of ketones is 1. The van der Waals surface area contributed by atoms with Crippen LogP contribution >= 0.6 is 0 Å². The molecule has 76 valence electrons. The first-order valence-corrected chi connectivity index (χ1v) is 3.70. The second-order valence-electron chi connectivity index (χ2n) is 3.03. The Labute approximate surface area is 74.9 Å². The van der Waals surface area contributed by atoms with Gasteiger partial charge in [0.05, 0.1) is 6.04 Å². The number of Topliss-reactive ketones (excluding diaryl/α,β-unsaturated/α-hetero) is 1. The smallest absolute Gasteiger partial charge is 0.326 e. The first-order chi connectivity index (χ1) is 5.83. The number of carbonyl (C=O) groups is 2. The summed E-state index contributed by atoms with van der Waals surface area (Å²) in [5.41, 5.74) is 8.17. The van der Waals surface area contributed by atoms with Crippen LogP contribution in [0.2, 0.25) is 0 Å². The van der Waals surface area contributed by atoms with Gasteiger partial charge >= 0.3 is 5.97 Å². The van der Waals surface area contributed by atoms with Gasteiger partial charge < -0.3 is 16.6 Å². The number of alkyl halides is 1. The lowest BCUT2D eigenvalue weighted by Gasteiger charge is -2.20. The monoisotopic (exact) mass is 192 g/mol. The van der Waals surface area contributed by atoms with Crippen LogP contribution in [-0.4, -0.2) is 35.1 Å². The third kappa shape index (κ3) is 3.08. The number of nitrogens with two attached hydrogens (primary N) is 2. The van der Waals surface area contributed by atoms with Gasteiger partial charge in [0, 0.05) is 6.42 Å². The number of hydrogen-bond acceptors (Lipinski definition) is 4. The van der Waals surface area contributed by atoms with Crippen LogP contribution < -0.4 is 11.5 Å². The fourth-order valence-corrected chi connectivity index (χ4v) is 0.652. The van der Waals surface area contributed by atoms with Crippen molar-refractivity contribution in [3.8, 4) is 0 Å². The molecule has 0 aliphatic rings. The Hall–Kier alpha value is -1.01. The van der Waals surface area contributed by atoms with E-state index in [9.17, 15) is 14.0 Å². The van der Waals surface area contributed by atoms with Crippen molar-refractivity contribution in [3.05, 3.63) is 0 Å². The Morgan fingerprint density at radius 3 is 2.31 bits per heavy atom. The first kappa shape index (κ1) is 12.0. The van der Waals surface area contributed by atoms with E-state index in [1.165, 1.54) is 6.92 Å². The van der Waals surface area contributed by atoms with Crippen LogP contribution in [0.15, 0.2) is 0 Å². The summed E-state index contributed by atoms with van der Waals surface area (Å²) in [5.74, 6) is -2.11. The molecule has 2 atom stereocenters. The SMILES string of the molecule is CC(N)C(=O)CC(N)(CF)C(=O)O. The molecule has 6 heteroatoms. The molecule has 0 saturated carbocycles. The highest BCUT2D eigenvalue weighted by molar-refractivity contribution is 5.91. The Balaban J connectivity index is 4.45. The van der Waals surface area contributed by atoms with E-state index in [0.717, 1.165) is 0 Å². The lowest BCUT2D eigenvalue weighted by atomic mass is 9.93. The molecule has 0 bridgehead atoms. The van der Waals surface area contributed by atoms with E-state index in [0.29, 0.717) is 0 Å². The molecule has 13 heavy (non-hydrogen) atoms. The third-order valence-electron chi connectivity index (χ3n) is 1.66. The van der Waals surface area contributed by atoms with Crippen LogP contribution in [0.5, 0.6) is 0 Å². The van der Waals surface area contributed by atoms with Crippen LogP contribution in [0.4, 0.5) is 4.39 Å². The average molecular weight is 192 g/mol. The number of hydrogen-bond donors (Lipinski definition) is 3. The van der Waals surface area contributed by atoms with E-state index >= 15 is 0 Å². The van der Waals surface area contributed by atoms with Gasteiger partial charge in [-0.1, -0.05) is 0 Å². The molecule has 0 aromatic heterocycles. The van der Waals surface area contributed by atoms with Gasteiger partial charge in [0.25, 0.3) is 0 Å². The van der Waals surface area contributed by atoms with Crippen molar-refractivity contribution < 1.29 is 19.1 Å². The van der Waals surface area contributed by atoms with Gasteiger partial charge in [0.1, 0.15) is 12.2 Å². The number of rotatable bonds is 5. The molecule has 0 aliphatic heterocycles. The fraction of sp³-hybridized carbons (Fsp3) is 0.714. The molecular weight excluding hydrogens is 179 g/mol. The Bertz CT molecular complexity index is 220. The maximum absolute atomic E-state index is 12.2. The van der Waals surface area contributed by atoms with Crippen molar-refractivity contribution in [3.63, 3.8) is 0 Å². The number of carbonyl (C=O) groups excluding carboxylic acids is 1. The predicted octanol–water partition coefficient (Wildman–Crippen LogP) is -0.956. The normalized spacial score (nSPS) is 17.5. The molecule has 0 aromatic rings. The van der Waals surface area contributed by atoms with E-state index in [-0.39, 0.29) is 0 Å². The minimum atomic E-state index is -2.13. The number of carboxylic acid groups (broad SMARTS) is 1. The number of aliphatic carboxylic acids is 1. The minimum Gasteiger partial charge on any atom is -0.480 e. The molecule has 0 aromatic carbocycles. The van der Waals surface area contributed by atoms with Crippen LogP contribution in [0.3, 0.4) is 0 Å². The summed E-state index contributed by atoms with van der Waals surface area (Å²) in [5, 5.41) is 8.51. The van der Waals surface area contributed by atoms with Gasteiger partial charge in [0.15, 0.2) is 5.78 Å². The molecule has 0 aliphatic carbocycles. The van der Waals surface area contributed by atoms with E-state index in [1.54, 1.807) is 0 Å². The largest absolute Gasteiger partial charge is 0.480 e. The van der Waals surface area contributed by atoms with Crippen molar-refractivity contribution >= 4 is 11.8 Å². The van der Waals surface area contributed by atoms with Crippen LogP contribution in [0.1, 0.15) is 13.3 Å². The topological polar surface area (TPSA) is 106 Å². The van der Waals surface area contributed by atoms with Crippen LogP contribution in [-0.2, 0) is 9.59 Å². The highest BCUT2D eigenvalue weighted by Gasteiger charge is 2.37. The van der Waals surface area contributed by atoms with Gasteiger partial charge in [-0.15, -0.1) is 0 Å². The van der Waals surface area contributed by atoms with Gasteiger partial charge in [-0.05, 0) is 6.92 Å². The maximum atomic E-state index is 12.2.